The maximum atomic E-state index is 5.71. The molecular formula is C16H16O3. The molecule has 0 saturated carbocycles. The van der Waals surface area contributed by atoms with Crippen molar-refractivity contribution in [3.63, 3.8) is 0 Å². The summed E-state index contributed by atoms with van der Waals surface area (Å²) in [4.78, 5) is 0. The predicted octanol–water partition coefficient (Wildman–Crippen LogP) is 3.65. The molecule has 2 aromatic rings. The highest BCUT2D eigenvalue weighted by Crippen LogP contribution is 2.28. The fraction of sp³-hybridized carbons (Fsp3) is 0.250. The highest BCUT2D eigenvalue weighted by atomic mass is 16.6. The first kappa shape index (κ1) is 12.1. The van der Waals surface area contributed by atoms with Crippen LogP contribution >= 0.6 is 0 Å². The number of hydrogen-bond acceptors (Lipinski definition) is 3. The van der Waals surface area contributed by atoms with E-state index in [-0.39, 0.29) is 5.60 Å². The third-order valence-electron chi connectivity index (χ3n) is 2.98. The minimum absolute atomic E-state index is 0.0841. The largest absolute Gasteiger partial charge is 0.490 e. The Kier molecular flexibility index (Phi) is 3.13. The van der Waals surface area contributed by atoms with E-state index in [0.29, 0.717) is 6.61 Å². The molecule has 0 N–H and O–H groups in total. The summed E-state index contributed by atoms with van der Waals surface area (Å²) in [5, 5.41) is 0. The van der Waals surface area contributed by atoms with E-state index < -0.39 is 0 Å². The molecule has 1 aliphatic rings. The Morgan fingerprint density at radius 2 is 1.53 bits per heavy atom. The lowest BCUT2D eigenvalue weighted by atomic mass is 10.2. The van der Waals surface area contributed by atoms with Crippen molar-refractivity contribution in [3.8, 4) is 17.2 Å². The van der Waals surface area contributed by atoms with Crippen molar-refractivity contribution in [1.29, 1.82) is 0 Å². The molecule has 1 aliphatic heterocycles. The van der Waals surface area contributed by atoms with Crippen molar-refractivity contribution in [1.82, 2.24) is 0 Å². The molecule has 3 rings (SSSR count). The van der Waals surface area contributed by atoms with Crippen molar-refractivity contribution in [2.45, 2.75) is 12.5 Å². The highest BCUT2D eigenvalue weighted by molar-refractivity contribution is 5.35. The molecule has 0 amide bonds. The first-order chi connectivity index (χ1) is 9.23. The lowest BCUT2D eigenvalue weighted by Gasteiger charge is -2.10. The Bertz CT molecular complexity index is 530. The van der Waals surface area contributed by atoms with E-state index in [4.69, 9.17) is 14.2 Å². The maximum absolute atomic E-state index is 5.71. The first-order valence-electron chi connectivity index (χ1n) is 6.33. The molecular weight excluding hydrogens is 240 g/mol. The molecule has 3 nitrogen and oxygen atoms in total. The van der Waals surface area contributed by atoms with Crippen molar-refractivity contribution in [2.24, 2.45) is 0 Å². The monoisotopic (exact) mass is 256 g/mol. The molecule has 19 heavy (non-hydrogen) atoms. The summed E-state index contributed by atoms with van der Waals surface area (Å²) < 4.78 is 16.6. The smallest absolute Gasteiger partial charge is 0.127 e. The molecule has 0 bridgehead atoms. The summed E-state index contributed by atoms with van der Waals surface area (Å²) in [5.41, 5.74) is -0.0841. The van der Waals surface area contributed by atoms with E-state index in [9.17, 15) is 0 Å². The van der Waals surface area contributed by atoms with Gasteiger partial charge in [0.15, 0.2) is 0 Å². The van der Waals surface area contributed by atoms with E-state index >= 15 is 0 Å². The van der Waals surface area contributed by atoms with Gasteiger partial charge in [-0.3, -0.25) is 0 Å². The van der Waals surface area contributed by atoms with Crippen LogP contribution < -0.4 is 9.47 Å². The fourth-order valence-corrected chi connectivity index (χ4v) is 1.67. The van der Waals surface area contributed by atoms with Crippen LogP contribution in [0.3, 0.4) is 0 Å². The van der Waals surface area contributed by atoms with Gasteiger partial charge in [0.1, 0.15) is 29.5 Å². The Balaban J connectivity index is 1.59. The second-order valence-corrected chi connectivity index (χ2v) is 4.91. The molecule has 0 radical (unpaired) electrons. The summed E-state index contributed by atoms with van der Waals surface area (Å²) >= 11 is 0. The first-order valence-corrected chi connectivity index (χ1v) is 6.33. The Morgan fingerprint density at radius 1 is 0.947 bits per heavy atom. The van der Waals surface area contributed by atoms with Crippen molar-refractivity contribution in [2.75, 3.05) is 13.2 Å². The Morgan fingerprint density at radius 3 is 2.16 bits per heavy atom. The molecule has 1 atom stereocenters. The van der Waals surface area contributed by atoms with Crippen LogP contribution in [0.4, 0.5) is 0 Å². The van der Waals surface area contributed by atoms with E-state index in [1.807, 2.05) is 61.5 Å². The lowest BCUT2D eigenvalue weighted by molar-refractivity contribution is 0.202. The second-order valence-electron chi connectivity index (χ2n) is 4.91. The number of para-hydroxylation sites is 1. The van der Waals surface area contributed by atoms with Crippen LogP contribution in [0.15, 0.2) is 54.6 Å². The SMILES string of the molecule is CC1(COc2ccc(Oc3ccccc3)cc2)CO1. The van der Waals surface area contributed by atoms with Crippen molar-refractivity contribution >= 4 is 0 Å². The molecule has 2 aromatic carbocycles. The second kappa shape index (κ2) is 4.94. The minimum Gasteiger partial charge on any atom is -0.490 e. The van der Waals surface area contributed by atoms with Crippen LogP contribution in [0.5, 0.6) is 17.2 Å². The Labute approximate surface area is 112 Å². The van der Waals surface area contributed by atoms with Gasteiger partial charge in [0.25, 0.3) is 0 Å². The van der Waals surface area contributed by atoms with Gasteiger partial charge in [0.05, 0.1) is 6.61 Å². The normalized spacial score (nSPS) is 20.9. The number of ether oxygens (including phenoxy) is 3. The van der Waals surface area contributed by atoms with E-state index in [2.05, 4.69) is 0 Å². The molecule has 3 heteroatoms. The third-order valence-corrected chi connectivity index (χ3v) is 2.98. The highest BCUT2D eigenvalue weighted by Gasteiger charge is 2.40. The van der Waals surface area contributed by atoms with Gasteiger partial charge in [0.2, 0.25) is 0 Å². The number of epoxide rings is 1. The summed E-state index contributed by atoms with van der Waals surface area (Å²) in [6.45, 7) is 3.41. The van der Waals surface area contributed by atoms with Crippen LogP contribution in [0.25, 0.3) is 0 Å². The molecule has 1 heterocycles. The summed E-state index contributed by atoms with van der Waals surface area (Å²) in [7, 11) is 0. The van der Waals surface area contributed by atoms with Crippen LogP contribution in [0, 0.1) is 0 Å². The van der Waals surface area contributed by atoms with E-state index in [0.717, 1.165) is 23.9 Å². The van der Waals surface area contributed by atoms with Gasteiger partial charge in [-0.1, -0.05) is 18.2 Å². The van der Waals surface area contributed by atoms with Crippen LogP contribution in [-0.2, 0) is 4.74 Å². The number of rotatable bonds is 5. The average molecular weight is 256 g/mol. The van der Waals surface area contributed by atoms with Gasteiger partial charge in [-0.05, 0) is 43.3 Å². The Hall–Kier alpha value is -2.00. The zero-order chi connectivity index (χ0) is 13.1. The number of benzene rings is 2. The number of hydrogen-bond donors (Lipinski definition) is 0. The molecule has 98 valence electrons. The van der Waals surface area contributed by atoms with E-state index in [1.54, 1.807) is 0 Å². The molecule has 0 aliphatic carbocycles. The van der Waals surface area contributed by atoms with Crippen molar-refractivity contribution < 1.29 is 14.2 Å². The average Bonchev–Trinajstić information content (AvgIpc) is 3.18. The van der Waals surface area contributed by atoms with Gasteiger partial charge in [-0.2, -0.15) is 0 Å². The molecule has 1 unspecified atom stereocenters. The predicted molar refractivity (Wildman–Crippen MR) is 72.8 cm³/mol. The van der Waals surface area contributed by atoms with Crippen LogP contribution in [0.1, 0.15) is 6.92 Å². The molecule has 0 spiro atoms. The van der Waals surface area contributed by atoms with Crippen LogP contribution in [0.2, 0.25) is 0 Å². The molecule has 0 aromatic heterocycles. The summed E-state index contributed by atoms with van der Waals surface area (Å²) in [6.07, 6.45) is 0. The van der Waals surface area contributed by atoms with Gasteiger partial charge in [0, 0.05) is 0 Å². The van der Waals surface area contributed by atoms with Gasteiger partial charge in [-0.15, -0.1) is 0 Å². The van der Waals surface area contributed by atoms with E-state index in [1.165, 1.54) is 0 Å². The maximum Gasteiger partial charge on any atom is 0.127 e. The molecule has 1 saturated heterocycles. The van der Waals surface area contributed by atoms with Gasteiger partial charge < -0.3 is 14.2 Å². The molecule has 1 fully saturated rings. The minimum atomic E-state index is -0.0841. The summed E-state index contributed by atoms with van der Waals surface area (Å²) in [5.74, 6) is 2.46. The lowest BCUT2D eigenvalue weighted by Crippen LogP contribution is -2.16. The zero-order valence-electron chi connectivity index (χ0n) is 10.8. The zero-order valence-corrected chi connectivity index (χ0v) is 10.8. The fourth-order valence-electron chi connectivity index (χ4n) is 1.67. The topological polar surface area (TPSA) is 31.0 Å². The van der Waals surface area contributed by atoms with Gasteiger partial charge >= 0.3 is 0 Å². The standard InChI is InChI=1S/C16H16O3/c1-16(12-18-16)11-17-13-7-9-15(10-8-13)19-14-5-3-2-4-6-14/h2-10H,11-12H2,1H3. The third kappa shape index (κ3) is 3.26. The van der Waals surface area contributed by atoms with Crippen LogP contribution in [-0.4, -0.2) is 18.8 Å². The van der Waals surface area contributed by atoms with Gasteiger partial charge in [-0.25, -0.2) is 0 Å². The van der Waals surface area contributed by atoms with Crippen molar-refractivity contribution in [3.05, 3.63) is 54.6 Å². The quantitative estimate of drug-likeness (QED) is 0.765. The summed E-state index contributed by atoms with van der Waals surface area (Å²) in [6, 6.07) is 17.3.